The van der Waals surface area contributed by atoms with E-state index in [0.29, 0.717) is 12.0 Å². The van der Waals surface area contributed by atoms with E-state index in [1.165, 1.54) is 38.5 Å². The van der Waals surface area contributed by atoms with Gasteiger partial charge in [0.05, 0.1) is 12.2 Å². The van der Waals surface area contributed by atoms with E-state index in [1.807, 2.05) is 25.5 Å². The van der Waals surface area contributed by atoms with E-state index in [4.69, 9.17) is 9.97 Å². The van der Waals surface area contributed by atoms with Crippen LogP contribution in [-0.4, -0.2) is 40.3 Å². The smallest absolute Gasteiger partial charge is 0.237 e. The Balaban J connectivity index is 1.54. The van der Waals surface area contributed by atoms with Crippen molar-refractivity contribution in [2.75, 3.05) is 4.90 Å². The Morgan fingerprint density at radius 1 is 1.03 bits per heavy atom. The predicted octanol–water partition coefficient (Wildman–Crippen LogP) is 3.64. The minimum absolute atomic E-state index is 0.195. The van der Waals surface area contributed by atoms with Crippen LogP contribution < -0.4 is 4.90 Å². The SMILES string of the molecule is CCC1c2nnc(C)n2-c2cnc(-n3ccnc3C3CC3)nc2N1C1CCCC1. The Morgan fingerprint density at radius 3 is 2.62 bits per heavy atom. The molecule has 8 nitrogen and oxygen atoms in total. The molecule has 0 amide bonds. The molecule has 0 aromatic carbocycles. The van der Waals surface area contributed by atoms with Gasteiger partial charge in [-0.3, -0.25) is 9.13 Å². The van der Waals surface area contributed by atoms with Gasteiger partial charge in [-0.2, -0.15) is 4.98 Å². The Kier molecular flexibility index (Phi) is 3.76. The third kappa shape index (κ3) is 2.54. The number of imidazole rings is 1. The van der Waals surface area contributed by atoms with Crippen LogP contribution in [0.15, 0.2) is 18.6 Å². The summed E-state index contributed by atoms with van der Waals surface area (Å²) in [5, 5.41) is 8.94. The van der Waals surface area contributed by atoms with Crippen LogP contribution >= 0.6 is 0 Å². The summed E-state index contributed by atoms with van der Waals surface area (Å²) in [6.07, 6.45) is 14.2. The third-order valence-corrected chi connectivity index (χ3v) is 6.64. The zero-order chi connectivity index (χ0) is 19.5. The quantitative estimate of drug-likeness (QED) is 0.677. The van der Waals surface area contributed by atoms with E-state index in [1.54, 1.807) is 0 Å². The lowest BCUT2D eigenvalue weighted by molar-refractivity contribution is 0.467. The maximum atomic E-state index is 5.13. The predicted molar refractivity (Wildman–Crippen MR) is 109 cm³/mol. The Labute approximate surface area is 170 Å². The van der Waals surface area contributed by atoms with Crippen LogP contribution in [-0.2, 0) is 0 Å². The fourth-order valence-corrected chi connectivity index (χ4v) is 5.10. The van der Waals surface area contributed by atoms with Crippen molar-refractivity contribution in [3.8, 4) is 11.6 Å². The summed E-state index contributed by atoms with van der Waals surface area (Å²) < 4.78 is 4.22. The van der Waals surface area contributed by atoms with Crippen LogP contribution in [0.2, 0.25) is 0 Å². The molecule has 0 N–H and O–H groups in total. The number of aryl methyl sites for hydroxylation is 1. The minimum atomic E-state index is 0.195. The summed E-state index contributed by atoms with van der Waals surface area (Å²) in [6.45, 7) is 4.24. The van der Waals surface area contributed by atoms with Gasteiger partial charge >= 0.3 is 0 Å². The van der Waals surface area contributed by atoms with Crippen molar-refractivity contribution in [1.82, 2.24) is 34.3 Å². The molecule has 150 valence electrons. The highest BCUT2D eigenvalue weighted by Crippen LogP contribution is 2.44. The zero-order valence-corrected chi connectivity index (χ0v) is 17.0. The molecule has 2 saturated carbocycles. The van der Waals surface area contributed by atoms with Crippen LogP contribution in [0.4, 0.5) is 5.82 Å². The second-order valence-electron chi connectivity index (χ2n) is 8.52. The molecular formula is C21H26N8. The van der Waals surface area contributed by atoms with E-state index in [0.717, 1.165) is 41.3 Å². The highest BCUT2D eigenvalue weighted by Gasteiger charge is 2.39. The largest absolute Gasteiger partial charge is 0.341 e. The minimum Gasteiger partial charge on any atom is -0.341 e. The Bertz CT molecular complexity index is 1060. The summed E-state index contributed by atoms with van der Waals surface area (Å²) in [6, 6.07) is 0.693. The Hall–Kier alpha value is -2.77. The summed E-state index contributed by atoms with van der Waals surface area (Å²) >= 11 is 0. The molecule has 3 aromatic heterocycles. The van der Waals surface area contributed by atoms with Gasteiger partial charge < -0.3 is 4.90 Å². The molecule has 6 rings (SSSR count). The molecule has 0 bridgehead atoms. The lowest BCUT2D eigenvalue weighted by Crippen LogP contribution is -2.42. The fraction of sp³-hybridized carbons (Fsp3) is 0.571. The van der Waals surface area contributed by atoms with Gasteiger partial charge in [-0.1, -0.05) is 19.8 Å². The van der Waals surface area contributed by atoms with E-state index < -0.39 is 0 Å². The maximum absolute atomic E-state index is 5.13. The number of anilines is 1. The van der Waals surface area contributed by atoms with Crippen LogP contribution in [0.5, 0.6) is 0 Å². The van der Waals surface area contributed by atoms with Crippen molar-refractivity contribution in [3.05, 3.63) is 36.1 Å². The number of aromatic nitrogens is 7. The van der Waals surface area contributed by atoms with Gasteiger partial charge in [0.1, 0.15) is 17.3 Å². The average molecular weight is 390 g/mol. The van der Waals surface area contributed by atoms with Crippen molar-refractivity contribution >= 4 is 5.82 Å². The highest BCUT2D eigenvalue weighted by molar-refractivity contribution is 5.63. The molecule has 1 atom stereocenters. The molecule has 29 heavy (non-hydrogen) atoms. The molecule has 3 aliphatic rings. The van der Waals surface area contributed by atoms with Gasteiger partial charge in [0.2, 0.25) is 5.95 Å². The van der Waals surface area contributed by atoms with Crippen LogP contribution in [0, 0.1) is 6.92 Å². The van der Waals surface area contributed by atoms with Crippen molar-refractivity contribution in [2.24, 2.45) is 0 Å². The second kappa shape index (κ2) is 6.37. The van der Waals surface area contributed by atoms with Gasteiger partial charge in [0, 0.05) is 24.4 Å². The monoisotopic (exact) mass is 390 g/mol. The van der Waals surface area contributed by atoms with Crippen molar-refractivity contribution in [1.29, 1.82) is 0 Å². The van der Waals surface area contributed by atoms with Gasteiger partial charge in [-0.15, -0.1) is 10.2 Å². The Morgan fingerprint density at radius 2 is 1.86 bits per heavy atom. The van der Waals surface area contributed by atoms with Crippen LogP contribution in [0.25, 0.3) is 11.6 Å². The number of rotatable bonds is 4. The van der Waals surface area contributed by atoms with Gasteiger partial charge in [-0.05, 0) is 39.0 Å². The van der Waals surface area contributed by atoms with Crippen molar-refractivity contribution < 1.29 is 0 Å². The van der Waals surface area contributed by atoms with Crippen LogP contribution in [0.3, 0.4) is 0 Å². The molecule has 1 unspecified atom stereocenters. The topological polar surface area (TPSA) is 77.5 Å². The van der Waals surface area contributed by atoms with Gasteiger partial charge in [0.15, 0.2) is 11.6 Å². The molecule has 0 radical (unpaired) electrons. The molecule has 0 spiro atoms. The molecule has 1 aliphatic heterocycles. The first-order valence-electron chi connectivity index (χ1n) is 10.9. The second-order valence-corrected chi connectivity index (χ2v) is 8.52. The number of hydrogen-bond acceptors (Lipinski definition) is 6. The normalized spacial score (nSPS) is 21.4. The lowest BCUT2D eigenvalue weighted by atomic mass is 10.0. The first-order chi connectivity index (χ1) is 14.3. The van der Waals surface area contributed by atoms with Gasteiger partial charge in [-0.25, -0.2) is 9.97 Å². The number of nitrogens with zero attached hydrogens (tertiary/aromatic N) is 8. The summed E-state index contributed by atoms with van der Waals surface area (Å²) in [5.41, 5.74) is 0.996. The molecule has 8 heteroatoms. The molecule has 4 heterocycles. The van der Waals surface area contributed by atoms with E-state index in [2.05, 4.69) is 36.1 Å². The summed E-state index contributed by atoms with van der Waals surface area (Å²) in [4.78, 5) is 17.0. The van der Waals surface area contributed by atoms with Gasteiger partial charge in [0.25, 0.3) is 0 Å². The van der Waals surface area contributed by atoms with E-state index in [-0.39, 0.29) is 6.04 Å². The van der Waals surface area contributed by atoms with E-state index >= 15 is 0 Å². The average Bonchev–Trinajstić information content (AvgIpc) is 3.13. The molecule has 3 aromatic rings. The summed E-state index contributed by atoms with van der Waals surface area (Å²) in [7, 11) is 0. The van der Waals surface area contributed by atoms with Crippen molar-refractivity contribution in [3.63, 3.8) is 0 Å². The molecule has 2 fully saturated rings. The maximum Gasteiger partial charge on any atom is 0.237 e. The number of fused-ring (bicyclic) bond motifs is 3. The standard InChI is InChI=1S/C21H26N8/c1-3-16-20-26-25-13(2)28(20)17-12-23-21(27-11-10-22-18(27)14-8-9-14)24-19(17)29(16)15-6-4-5-7-15/h10-12,14-16H,3-9H2,1-2H3. The first kappa shape index (κ1) is 17.1. The molecular weight excluding hydrogens is 364 g/mol. The zero-order valence-electron chi connectivity index (χ0n) is 17.0. The first-order valence-corrected chi connectivity index (χ1v) is 10.9. The van der Waals surface area contributed by atoms with E-state index in [9.17, 15) is 0 Å². The molecule has 2 aliphatic carbocycles. The fourth-order valence-electron chi connectivity index (χ4n) is 5.10. The lowest BCUT2D eigenvalue weighted by Gasteiger charge is -2.41. The van der Waals surface area contributed by atoms with Crippen molar-refractivity contribution in [2.45, 2.75) is 76.8 Å². The summed E-state index contributed by atoms with van der Waals surface area (Å²) in [5.74, 6) is 5.27. The van der Waals surface area contributed by atoms with Crippen LogP contribution in [0.1, 0.15) is 81.3 Å². The highest BCUT2D eigenvalue weighted by atomic mass is 15.4. The number of hydrogen-bond donors (Lipinski definition) is 0. The third-order valence-electron chi connectivity index (χ3n) is 6.64. The molecule has 0 saturated heterocycles.